The SMILES string of the molecule is COc1ccc2c(c1)N1CCN(c3cnccn3)C[C@H]1[C@H](C(=O)NCc1ccccc1F)C2. The lowest BCUT2D eigenvalue weighted by molar-refractivity contribution is -0.126. The first kappa shape index (κ1) is 21.2. The van der Waals surface area contributed by atoms with E-state index in [0.717, 1.165) is 35.9 Å². The third kappa shape index (κ3) is 4.20. The maximum atomic E-state index is 14.1. The molecule has 1 aromatic heterocycles. The summed E-state index contributed by atoms with van der Waals surface area (Å²) >= 11 is 0. The number of carbonyl (C=O) groups is 1. The molecule has 0 unspecified atom stereocenters. The van der Waals surface area contributed by atoms with Crippen molar-refractivity contribution in [2.24, 2.45) is 5.92 Å². The fraction of sp³-hybridized carbons (Fsp3) is 0.320. The molecule has 8 heteroatoms. The molecule has 170 valence electrons. The summed E-state index contributed by atoms with van der Waals surface area (Å²) in [7, 11) is 1.66. The van der Waals surface area contributed by atoms with Crippen molar-refractivity contribution < 1.29 is 13.9 Å². The number of hydrogen-bond donors (Lipinski definition) is 1. The molecule has 3 heterocycles. The molecule has 1 N–H and O–H groups in total. The van der Waals surface area contributed by atoms with Crippen molar-refractivity contribution in [3.63, 3.8) is 0 Å². The minimum absolute atomic E-state index is 0.0546. The molecule has 33 heavy (non-hydrogen) atoms. The Balaban J connectivity index is 1.42. The van der Waals surface area contributed by atoms with Crippen LogP contribution in [0.5, 0.6) is 5.75 Å². The number of anilines is 2. The number of fused-ring (bicyclic) bond motifs is 3. The number of piperazine rings is 1. The molecule has 0 aliphatic carbocycles. The number of hydrogen-bond acceptors (Lipinski definition) is 6. The van der Waals surface area contributed by atoms with Crippen molar-refractivity contribution in [2.75, 3.05) is 36.5 Å². The van der Waals surface area contributed by atoms with E-state index in [4.69, 9.17) is 4.74 Å². The summed E-state index contributed by atoms with van der Waals surface area (Å²) in [5.41, 5.74) is 2.70. The van der Waals surface area contributed by atoms with E-state index in [1.165, 1.54) is 6.07 Å². The average molecular weight is 448 g/mol. The Labute approximate surface area is 192 Å². The Hall–Kier alpha value is -3.68. The molecule has 7 nitrogen and oxygen atoms in total. The van der Waals surface area contributed by atoms with E-state index in [2.05, 4.69) is 25.1 Å². The van der Waals surface area contributed by atoms with E-state index in [-0.39, 0.29) is 30.2 Å². The van der Waals surface area contributed by atoms with Crippen molar-refractivity contribution in [3.05, 3.63) is 78.0 Å². The summed E-state index contributed by atoms with van der Waals surface area (Å²) in [6.45, 7) is 2.33. The molecule has 5 rings (SSSR count). The van der Waals surface area contributed by atoms with Gasteiger partial charge in [-0.3, -0.25) is 9.78 Å². The number of amides is 1. The smallest absolute Gasteiger partial charge is 0.225 e. The topological polar surface area (TPSA) is 70.6 Å². The number of benzene rings is 2. The van der Waals surface area contributed by atoms with E-state index in [1.807, 2.05) is 18.2 Å². The predicted octanol–water partition coefficient (Wildman–Crippen LogP) is 2.81. The summed E-state index contributed by atoms with van der Waals surface area (Å²) in [6, 6.07) is 12.5. The molecule has 0 radical (unpaired) electrons. The third-order valence-corrected chi connectivity index (χ3v) is 6.55. The van der Waals surface area contributed by atoms with Gasteiger partial charge in [-0.25, -0.2) is 9.37 Å². The molecule has 2 aliphatic heterocycles. The number of halogens is 1. The Kier molecular flexibility index (Phi) is 5.81. The molecule has 2 aromatic carbocycles. The van der Waals surface area contributed by atoms with Gasteiger partial charge in [-0.15, -0.1) is 0 Å². The van der Waals surface area contributed by atoms with Gasteiger partial charge in [-0.05, 0) is 24.1 Å². The second-order valence-corrected chi connectivity index (χ2v) is 8.38. The Morgan fingerprint density at radius 3 is 2.88 bits per heavy atom. The molecule has 0 bridgehead atoms. The molecular weight excluding hydrogens is 421 g/mol. The minimum atomic E-state index is -0.313. The summed E-state index contributed by atoms with van der Waals surface area (Å²) in [5.74, 6) is 0.935. The van der Waals surface area contributed by atoms with Crippen LogP contribution in [0.2, 0.25) is 0 Å². The molecule has 3 aromatic rings. The fourth-order valence-corrected chi connectivity index (χ4v) is 4.82. The summed E-state index contributed by atoms with van der Waals surface area (Å²) in [4.78, 5) is 26.5. The third-order valence-electron chi connectivity index (χ3n) is 6.55. The van der Waals surface area contributed by atoms with E-state index in [0.29, 0.717) is 18.5 Å². The van der Waals surface area contributed by atoms with E-state index >= 15 is 0 Å². The quantitative estimate of drug-likeness (QED) is 0.649. The maximum Gasteiger partial charge on any atom is 0.225 e. The van der Waals surface area contributed by atoms with E-state index in [1.54, 1.807) is 43.9 Å². The van der Waals surface area contributed by atoms with Crippen LogP contribution in [0.15, 0.2) is 61.1 Å². The van der Waals surface area contributed by atoms with Gasteiger partial charge < -0.3 is 19.9 Å². The van der Waals surface area contributed by atoms with Crippen LogP contribution in [0.3, 0.4) is 0 Å². The lowest BCUT2D eigenvalue weighted by Crippen LogP contribution is -2.61. The molecule has 2 aliphatic rings. The van der Waals surface area contributed by atoms with Gasteiger partial charge in [0.1, 0.15) is 17.4 Å². The van der Waals surface area contributed by atoms with Crippen LogP contribution >= 0.6 is 0 Å². The normalized spacial score (nSPS) is 19.5. The number of rotatable bonds is 5. The van der Waals surface area contributed by atoms with Crippen molar-refractivity contribution >= 4 is 17.4 Å². The number of carbonyl (C=O) groups excluding carboxylic acids is 1. The first-order valence-electron chi connectivity index (χ1n) is 11.1. The van der Waals surface area contributed by atoms with Crippen LogP contribution < -0.4 is 19.9 Å². The second kappa shape index (κ2) is 9.05. The van der Waals surface area contributed by atoms with Crippen molar-refractivity contribution in [2.45, 2.75) is 19.0 Å². The standard InChI is InChI=1S/C25H26FN5O2/c1-33-19-7-6-17-12-20(25(32)29-14-18-4-2-3-5-21(18)26)23-16-30(24-15-27-8-9-28-24)10-11-31(23)22(17)13-19/h2-9,13,15,20,23H,10-12,14,16H2,1H3,(H,29,32)/t20-,23+/m1/s1. The number of methoxy groups -OCH3 is 1. The fourth-order valence-electron chi connectivity index (χ4n) is 4.82. The highest BCUT2D eigenvalue weighted by molar-refractivity contribution is 5.82. The summed E-state index contributed by atoms with van der Waals surface area (Å²) < 4.78 is 19.5. The number of aromatic nitrogens is 2. The Bertz CT molecular complexity index is 1140. The lowest BCUT2D eigenvalue weighted by atomic mass is 9.83. The van der Waals surface area contributed by atoms with Gasteiger partial charge in [-0.1, -0.05) is 24.3 Å². The van der Waals surface area contributed by atoms with Crippen LogP contribution in [0, 0.1) is 11.7 Å². The minimum Gasteiger partial charge on any atom is -0.497 e. The largest absolute Gasteiger partial charge is 0.497 e. The molecule has 0 saturated carbocycles. The van der Waals surface area contributed by atoms with Crippen LogP contribution in [0.4, 0.5) is 15.9 Å². The zero-order valence-corrected chi connectivity index (χ0v) is 18.4. The number of nitrogens with zero attached hydrogens (tertiary/aromatic N) is 4. The predicted molar refractivity (Wildman–Crippen MR) is 124 cm³/mol. The molecular formula is C25H26FN5O2. The van der Waals surface area contributed by atoms with E-state index in [9.17, 15) is 9.18 Å². The van der Waals surface area contributed by atoms with Gasteiger partial charge in [0.05, 0.1) is 25.3 Å². The van der Waals surface area contributed by atoms with Crippen molar-refractivity contribution in [1.29, 1.82) is 0 Å². The first-order valence-corrected chi connectivity index (χ1v) is 11.1. The summed E-state index contributed by atoms with van der Waals surface area (Å²) in [5, 5.41) is 2.97. The molecule has 1 fully saturated rings. The van der Waals surface area contributed by atoms with Crippen LogP contribution in [-0.4, -0.2) is 48.7 Å². The lowest BCUT2D eigenvalue weighted by Gasteiger charge is -2.49. The zero-order chi connectivity index (χ0) is 22.8. The first-order chi connectivity index (χ1) is 16.1. The van der Waals surface area contributed by atoms with Crippen LogP contribution in [0.25, 0.3) is 0 Å². The van der Waals surface area contributed by atoms with Gasteiger partial charge in [0.25, 0.3) is 0 Å². The molecule has 0 spiro atoms. The highest BCUT2D eigenvalue weighted by Gasteiger charge is 2.42. The average Bonchev–Trinajstić information content (AvgIpc) is 2.87. The second-order valence-electron chi connectivity index (χ2n) is 8.38. The summed E-state index contributed by atoms with van der Waals surface area (Å²) in [6.07, 6.45) is 5.70. The van der Waals surface area contributed by atoms with Crippen molar-refractivity contribution in [1.82, 2.24) is 15.3 Å². The van der Waals surface area contributed by atoms with Gasteiger partial charge in [0.2, 0.25) is 5.91 Å². The van der Waals surface area contributed by atoms with Gasteiger partial charge in [0, 0.05) is 55.9 Å². The highest BCUT2D eigenvalue weighted by atomic mass is 19.1. The maximum absolute atomic E-state index is 14.1. The van der Waals surface area contributed by atoms with Gasteiger partial charge >= 0.3 is 0 Å². The molecule has 1 amide bonds. The van der Waals surface area contributed by atoms with Crippen LogP contribution in [-0.2, 0) is 17.8 Å². The highest BCUT2D eigenvalue weighted by Crippen LogP contribution is 2.38. The number of nitrogens with one attached hydrogen (secondary N) is 1. The zero-order valence-electron chi connectivity index (χ0n) is 18.4. The monoisotopic (exact) mass is 447 g/mol. The molecule has 1 saturated heterocycles. The Morgan fingerprint density at radius 2 is 2.09 bits per heavy atom. The Morgan fingerprint density at radius 1 is 1.21 bits per heavy atom. The van der Waals surface area contributed by atoms with Crippen molar-refractivity contribution in [3.8, 4) is 5.75 Å². The van der Waals surface area contributed by atoms with E-state index < -0.39 is 0 Å². The van der Waals surface area contributed by atoms with Gasteiger partial charge in [-0.2, -0.15) is 0 Å². The molecule has 2 atom stereocenters. The van der Waals surface area contributed by atoms with Gasteiger partial charge in [0.15, 0.2) is 0 Å². The number of ether oxygens (including phenoxy) is 1. The van der Waals surface area contributed by atoms with Crippen LogP contribution in [0.1, 0.15) is 11.1 Å².